The Balaban J connectivity index is 1.61. The second-order valence-electron chi connectivity index (χ2n) is 5.69. The van der Waals surface area contributed by atoms with Crippen LogP contribution in [0.1, 0.15) is 17.5 Å². The smallest absolute Gasteiger partial charge is 0.220 e. The van der Waals surface area contributed by atoms with E-state index in [4.69, 9.17) is 10.5 Å². The highest BCUT2D eigenvalue weighted by atomic mass is 16.5. The number of primary amides is 1. The zero-order valence-corrected chi connectivity index (χ0v) is 13.5. The third-order valence-electron chi connectivity index (χ3n) is 3.80. The highest BCUT2D eigenvalue weighted by Gasteiger charge is 2.03. The Bertz CT molecular complexity index is 857. The number of aromatic amines is 1. The van der Waals surface area contributed by atoms with Crippen LogP contribution >= 0.6 is 0 Å². The zero-order valence-electron chi connectivity index (χ0n) is 13.5. The minimum atomic E-state index is -0.362. The molecule has 4 N–H and O–H groups in total. The summed E-state index contributed by atoms with van der Waals surface area (Å²) in [7, 11) is 0. The Hall–Kier alpha value is -3.02. The van der Waals surface area contributed by atoms with Gasteiger partial charge in [0.25, 0.3) is 0 Å². The fourth-order valence-corrected chi connectivity index (χ4v) is 2.49. The number of benzene rings is 2. The number of H-pyrrole nitrogens is 1. The normalized spacial score (nSPS) is 10.7. The van der Waals surface area contributed by atoms with Gasteiger partial charge in [-0.3, -0.25) is 9.89 Å². The number of hydrogen-bond acceptors (Lipinski definition) is 4. The van der Waals surface area contributed by atoms with Crippen molar-refractivity contribution >= 4 is 22.5 Å². The second-order valence-corrected chi connectivity index (χ2v) is 5.69. The lowest BCUT2D eigenvalue weighted by atomic mass is 10.1. The van der Waals surface area contributed by atoms with E-state index in [1.807, 2.05) is 31.3 Å². The van der Waals surface area contributed by atoms with Crippen LogP contribution in [-0.2, 0) is 11.3 Å². The number of nitrogens with two attached hydrogens (primary N) is 1. The van der Waals surface area contributed by atoms with Gasteiger partial charge in [-0.05, 0) is 42.3 Å². The third kappa shape index (κ3) is 3.84. The highest BCUT2D eigenvalue weighted by molar-refractivity contribution is 5.78. The van der Waals surface area contributed by atoms with E-state index in [9.17, 15) is 4.79 Å². The number of nitrogens with zero attached hydrogens (tertiary/aromatic N) is 1. The number of carbonyl (C=O) groups excluding carboxylic acids is 1. The van der Waals surface area contributed by atoms with E-state index in [1.165, 1.54) is 5.56 Å². The summed E-state index contributed by atoms with van der Waals surface area (Å²) < 4.78 is 5.52. The molecule has 0 saturated carbocycles. The first-order valence-electron chi connectivity index (χ1n) is 7.79. The van der Waals surface area contributed by atoms with Crippen LogP contribution in [-0.4, -0.2) is 22.7 Å². The van der Waals surface area contributed by atoms with Crippen molar-refractivity contribution in [3.8, 4) is 5.75 Å². The average Bonchev–Trinajstić information content (AvgIpc) is 3.01. The van der Waals surface area contributed by atoms with Crippen molar-refractivity contribution in [2.24, 2.45) is 5.73 Å². The largest absolute Gasteiger partial charge is 0.493 e. The number of carbonyl (C=O) groups is 1. The van der Waals surface area contributed by atoms with Crippen LogP contribution in [0.4, 0.5) is 5.69 Å². The van der Waals surface area contributed by atoms with E-state index in [1.54, 1.807) is 0 Å². The lowest BCUT2D eigenvalue weighted by Crippen LogP contribution is -2.14. The summed E-state index contributed by atoms with van der Waals surface area (Å²) in [6.45, 7) is 3.03. The van der Waals surface area contributed by atoms with Crippen LogP contribution in [0.2, 0.25) is 0 Å². The summed E-state index contributed by atoms with van der Waals surface area (Å²) in [6, 6.07) is 12.0. The quantitative estimate of drug-likeness (QED) is 0.623. The fourth-order valence-electron chi connectivity index (χ4n) is 2.49. The molecular formula is C18H20N4O2. The van der Waals surface area contributed by atoms with Gasteiger partial charge in [0, 0.05) is 17.6 Å². The molecule has 6 nitrogen and oxygen atoms in total. The molecule has 0 fully saturated rings. The number of hydrogen-bond donors (Lipinski definition) is 3. The monoisotopic (exact) mass is 324 g/mol. The maximum absolute atomic E-state index is 10.7. The number of anilines is 1. The van der Waals surface area contributed by atoms with Gasteiger partial charge in [0.15, 0.2) is 0 Å². The SMILES string of the molecule is Cc1cc(OCCC(N)=O)ccc1NCc1ccc2cn[nH]c2c1. The number of nitrogens with one attached hydrogen (secondary N) is 2. The standard InChI is InChI=1S/C18H20N4O2/c1-12-8-15(24-7-6-18(19)23)4-5-16(12)20-10-13-2-3-14-11-21-22-17(14)9-13/h2-5,8-9,11,20H,6-7,10H2,1H3,(H2,19,23)(H,21,22). The number of amides is 1. The van der Waals surface area contributed by atoms with Crippen LogP contribution in [0.25, 0.3) is 10.9 Å². The highest BCUT2D eigenvalue weighted by Crippen LogP contribution is 2.22. The van der Waals surface area contributed by atoms with Crippen molar-refractivity contribution < 1.29 is 9.53 Å². The third-order valence-corrected chi connectivity index (χ3v) is 3.80. The predicted octanol–water partition coefficient (Wildman–Crippen LogP) is 2.74. The first kappa shape index (κ1) is 15.9. The van der Waals surface area contributed by atoms with Gasteiger partial charge in [-0.25, -0.2) is 0 Å². The van der Waals surface area contributed by atoms with Crippen LogP contribution in [0.3, 0.4) is 0 Å². The van der Waals surface area contributed by atoms with Crippen molar-refractivity contribution in [2.45, 2.75) is 19.9 Å². The van der Waals surface area contributed by atoms with Crippen LogP contribution in [0, 0.1) is 6.92 Å². The molecule has 0 aliphatic heterocycles. The molecule has 3 aromatic rings. The van der Waals surface area contributed by atoms with Gasteiger partial charge < -0.3 is 15.8 Å². The number of rotatable bonds is 7. The Labute approximate surface area is 140 Å². The number of fused-ring (bicyclic) bond motifs is 1. The molecule has 1 aromatic heterocycles. The van der Waals surface area contributed by atoms with Crippen molar-refractivity contribution in [3.05, 3.63) is 53.7 Å². The van der Waals surface area contributed by atoms with E-state index in [0.29, 0.717) is 6.61 Å². The van der Waals surface area contributed by atoms with Gasteiger partial charge in [-0.2, -0.15) is 5.10 Å². The van der Waals surface area contributed by atoms with Crippen molar-refractivity contribution in [1.29, 1.82) is 0 Å². The minimum absolute atomic E-state index is 0.217. The summed E-state index contributed by atoms with van der Waals surface area (Å²) >= 11 is 0. The van der Waals surface area contributed by atoms with E-state index in [0.717, 1.165) is 34.4 Å². The first-order valence-corrected chi connectivity index (χ1v) is 7.79. The average molecular weight is 324 g/mol. The van der Waals surface area contributed by atoms with Crippen LogP contribution in [0.5, 0.6) is 5.75 Å². The van der Waals surface area contributed by atoms with E-state index < -0.39 is 0 Å². The molecule has 0 aliphatic carbocycles. The van der Waals surface area contributed by atoms with Gasteiger partial charge in [-0.1, -0.05) is 12.1 Å². The molecule has 0 unspecified atom stereocenters. The van der Waals surface area contributed by atoms with Gasteiger partial charge in [0.1, 0.15) is 5.75 Å². The molecule has 0 spiro atoms. The summed E-state index contributed by atoms with van der Waals surface area (Å²) in [5.74, 6) is 0.373. The van der Waals surface area contributed by atoms with E-state index >= 15 is 0 Å². The van der Waals surface area contributed by atoms with Crippen LogP contribution in [0.15, 0.2) is 42.6 Å². The first-order chi connectivity index (χ1) is 11.6. The Morgan fingerprint density at radius 2 is 2.17 bits per heavy atom. The van der Waals surface area contributed by atoms with Gasteiger partial charge in [0.05, 0.1) is 24.7 Å². The lowest BCUT2D eigenvalue weighted by molar-refractivity contribution is -0.118. The molecule has 0 aliphatic rings. The molecular weight excluding hydrogens is 304 g/mol. The predicted molar refractivity (Wildman–Crippen MR) is 93.9 cm³/mol. The number of aryl methyl sites for hydroxylation is 1. The minimum Gasteiger partial charge on any atom is -0.493 e. The van der Waals surface area contributed by atoms with E-state index in [2.05, 4.69) is 33.7 Å². The topological polar surface area (TPSA) is 93.0 Å². The van der Waals surface area contributed by atoms with Crippen molar-refractivity contribution in [3.63, 3.8) is 0 Å². The molecule has 0 atom stereocenters. The summed E-state index contributed by atoms with van der Waals surface area (Å²) in [6.07, 6.45) is 2.03. The molecule has 3 rings (SSSR count). The molecule has 1 heterocycles. The molecule has 0 bridgehead atoms. The summed E-state index contributed by atoms with van der Waals surface area (Å²) in [5, 5.41) is 11.5. The number of aromatic nitrogens is 2. The Kier molecular flexibility index (Phi) is 4.65. The second kappa shape index (κ2) is 7.04. The molecule has 1 amide bonds. The summed E-state index contributed by atoms with van der Waals surface area (Å²) in [4.78, 5) is 10.7. The maximum atomic E-state index is 10.7. The Morgan fingerprint density at radius 3 is 2.96 bits per heavy atom. The van der Waals surface area contributed by atoms with Gasteiger partial charge in [0.2, 0.25) is 5.91 Å². The van der Waals surface area contributed by atoms with Gasteiger partial charge in [-0.15, -0.1) is 0 Å². The van der Waals surface area contributed by atoms with Crippen molar-refractivity contribution in [2.75, 3.05) is 11.9 Å². The summed E-state index contributed by atoms with van der Waals surface area (Å²) in [5.41, 5.74) is 9.43. The number of ether oxygens (including phenoxy) is 1. The van der Waals surface area contributed by atoms with Crippen molar-refractivity contribution in [1.82, 2.24) is 10.2 Å². The molecule has 2 aromatic carbocycles. The lowest BCUT2D eigenvalue weighted by Gasteiger charge is -2.12. The van der Waals surface area contributed by atoms with Crippen LogP contribution < -0.4 is 15.8 Å². The fraction of sp³-hybridized carbons (Fsp3) is 0.222. The molecule has 6 heteroatoms. The maximum Gasteiger partial charge on any atom is 0.220 e. The molecule has 0 saturated heterocycles. The molecule has 0 radical (unpaired) electrons. The Morgan fingerprint density at radius 1 is 1.29 bits per heavy atom. The van der Waals surface area contributed by atoms with E-state index in [-0.39, 0.29) is 12.3 Å². The molecule has 124 valence electrons. The van der Waals surface area contributed by atoms with Gasteiger partial charge >= 0.3 is 0 Å². The molecule has 24 heavy (non-hydrogen) atoms. The zero-order chi connectivity index (χ0) is 16.9.